The van der Waals surface area contributed by atoms with Gasteiger partial charge in [0.25, 0.3) is 0 Å². The van der Waals surface area contributed by atoms with Gasteiger partial charge in [0, 0.05) is 11.2 Å². The lowest BCUT2D eigenvalue weighted by molar-refractivity contribution is 0.00578. The highest BCUT2D eigenvalue weighted by Crippen LogP contribution is 2.60. The highest BCUT2D eigenvalue weighted by atomic mass is 16.7. The van der Waals surface area contributed by atoms with E-state index >= 15 is 0 Å². The summed E-state index contributed by atoms with van der Waals surface area (Å²) < 4.78 is 13.0. The summed E-state index contributed by atoms with van der Waals surface area (Å²) in [7, 11) is -0.170. The molecule has 0 radical (unpaired) electrons. The topological polar surface area (TPSA) is 18.5 Å². The van der Waals surface area contributed by atoms with Crippen molar-refractivity contribution in [2.75, 3.05) is 0 Å². The SMILES string of the molecule is CC1(C)OB(C2CC=CC3=C2c2ccccc2C32CCCCC2)OC1(C)C. The van der Waals surface area contributed by atoms with E-state index in [9.17, 15) is 0 Å². The number of benzene rings is 1. The molecule has 2 fully saturated rings. The predicted octanol–water partition coefficient (Wildman–Crippen LogP) is 6.08. The maximum absolute atomic E-state index is 6.51. The first kappa shape index (κ1) is 17.8. The molecule has 27 heavy (non-hydrogen) atoms. The smallest absolute Gasteiger partial charge is 0.403 e. The van der Waals surface area contributed by atoms with Gasteiger partial charge >= 0.3 is 7.12 Å². The average Bonchev–Trinajstić information content (AvgIpc) is 3.04. The van der Waals surface area contributed by atoms with Crippen molar-refractivity contribution in [3.8, 4) is 0 Å². The van der Waals surface area contributed by atoms with Crippen LogP contribution in [0.3, 0.4) is 0 Å². The Morgan fingerprint density at radius 3 is 2.30 bits per heavy atom. The van der Waals surface area contributed by atoms with Crippen molar-refractivity contribution < 1.29 is 9.31 Å². The van der Waals surface area contributed by atoms with E-state index in [0.717, 1.165) is 6.42 Å². The van der Waals surface area contributed by atoms with Gasteiger partial charge in [-0.1, -0.05) is 55.7 Å². The first-order valence-electron chi connectivity index (χ1n) is 10.7. The molecule has 1 saturated carbocycles. The van der Waals surface area contributed by atoms with Gasteiger partial charge in [0.1, 0.15) is 0 Å². The van der Waals surface area contributed by atoms with Crippen molar-refractivity contribution in [2.45, 2.75) is 88.7 Å². The summed E-state index contributed by atoms with van der Waals surface area (Å²) in [6.45, 7) is 8.64. The van der Waals surface area contributed by atoms with Gasteiger partial charge in [-0.05, 0) is 69.2 Å². The number of hydrogen-bond donors (Lipinski definition) is 0. The van der Waals surface area contributed by atoms with E-state index in [1.165, 1.54) is 43.2 Å². The third-order valence-corrected chi connectivity index (χ3v) is 7.89. The fraction of sp³-hybridized carbons (Fsp3) is 0.583. The summed E-state index contributed by atoms with van der Waals surface area (Å²) in [5.41, 5.74) is 5.76. The molecule has 1 aromatic carbocycles. The number of rotatable bonds is 1. The van der Waals surface area contributed by atoms with Gasteiger partial charge < -0.3 is 9.31 Å². The molecule has 3 heteroatoms. The van der Waals surface area contributed by atoms with Gasteiger partial charge in [-0.2, -0.15) is 0 Å². The van der Waals surface area contributed by atoms with E-state index in [0.29, 0.717) is 0 Å². The second kappa shape index (κ2) is 5.84. The van der Waals surface area contributed by atoms with E-state index in [-0.39, 0.29) is 29.6 Å². The van der Waals surface area contributed by atoms with Gasteiger partial charge in [0.2, 0.25) is 0 Å². The molecule has 1 atom stereocenters. The van der Waals surface area contributed by atoms with Crippen LogP contribution in [-0.4, -0.2) is 18.3 Å². The minimum Gasteiger partial charge on any atom is -0.403 e. The third kappa shape index (κ3) is 2.40. The zero-order chi connectivity index (χ0) is 18.9. The highest BCUT2D eigenvalue weighted by Gasteiger charge is 2.56. The Kier molecular flexibility index (Phi) is 3.84. The third-order valence-electron chi connectivity index (χ3n) is 7.89. The Labute approximate surface area is 164 Å². The molecule has 0 bridgehead atoms. The van der Waals surface area contributed by atoms with Crippen molar-refractivity contribution in [1.29, 1.82) is 0 Å². The van der Waals surface area contributed by atoms with Crippen LogP contribution in [0, 0.1) is 0 Å². The molecule has 1 saturated heterocycles. The highest BCUT2D eigenvalue weighted by molar-refractivity contribution is 6.51. The zero-order valence-electron chi connectivity index (χ0n) is 17.2. The van der Waals surface area contributed by atoms with Crippen molar-refractivity contribution in [1.82, 2.24) is 0 Å². The molecule has 1 unspecified atom stereocenters. The molecule has 1 aliphatic heterocycles. The summed E-state index contributed by atoms with van der Waals surface area (Å²) in [4.78, 5) is 0. The van der Waals surface area contributed by atoms with E-state index in [2.05, 4.69) is 64.1 Å². The van der Waals surface area contributed by atoms with E-state index in [1.807, 2.05) is 0 Å². The van der Waals surface area contributed by atoms with Gasteiger partial charge in [-0.15, -0.1) is 0 Å². The average molecular weight is 362 g/mol. The molecule has 1 aromatic rings. The number of fused-ring (bicyclic) bond motifs is 4. The summed E-state index contributed by atoms with van der Waals surface area (Å²) in [6, 6.07) is 9.14. The number of allylic oxidation sites excluding steroid dienone is 4. The molecule has 5 rings (SSSR count). The van der Waals surface area contributed by atoms with Crippen LogP contribution < -0.4 is 0 Å². The molecule has 1 spiro atoms. The van der Waals surface area contributed by atoms with Crippen molar-refractivity contribution in [2.24, 2.45) is 0 Å². The van der Waals surface area contributed by atoms with Crippen LogP contribution in [0.15, 0.2) is 42.0 Å². The van der Waals surface area contributed by atoms with Crippen LogP contribution in [0.4, 0.5) is 0 Å². The fourth-order valence-electron chi connectivity index (χ4n) is 5.78. The number of hydrogen-bond acceptors (Lipinski definition) is 2. The van der Waals surface area contributed by atoms with Gasteiger partial charge in [-0.3, -0.25) is 0 Å². The molecule has 3 aliphatic carbocycles. The summed E-state index contributed by atoms with van der Waals surface area (Å²) >= 11 is 0. The van der Waals surface area contributed by atoms with Crippen LogP contribution >= 0.6 is 0 Å². The minimum atomic E-state index is -0.278. The summed E-state index contributed by atoms with van der Waals surface area (Å²) in [5, 5.41) is 0. The standard InChI is InChI=1S/C24H31BO2/c1-22(2)23(3,4)27-25(26-22)20-14-10-13-19-21(20)17-11-6-7-12-18(17)24(19)15-8-5-9-16-24/h6-7,10-13,20H,5,8-9,14-16H2,1-4H3. The van der Waals surface area contributed by atoms with E-state index in [1.54, 1.807) is 11.1 Å². The fourth-order valence-corrected chi connectivity index (χ4v) is 5.78. The lowest BCUT2D eigenvalue weighted by atomic mass is 9.61. The predicted molar refractivity (Wildman–Crippen MR) is 112 cm³/mol. The quantitative estimate of drug-likeness (QED) is 0.564. The molecule has 4 aliphatic rings. The molecular formula is C24H31BO2. The molecule has 0 amide bonds. The van der Waals surface area contributed by atoms with E-state index in [4.69, 9.17) is 9.31 Å². The van der Waals surface area contributed by atoms with E-state index < -0.39 is 0 Å². The second-order valence-electron chi connectivity index (χ2n) is 9.88. The Hall–Kier alpha value is -1.32. The van der Waals surface area contributed by atoms with Crippen LogP contribution in [0.1, 0.15) is 77.3 Å². The molecule has 2 nitrogen and oxygen atoms in total. The molecule has 0 aromatic heterocycles. The van der Waals surface area contributed by atoms with Crippen molar-refractivity contribution >= 4 is 12.7 Å². The van der Waals surface area contributed by atoms with Crippen molar-refractivity contribution in [3.63, 3.8) is 0 Å². The van der Waals surface area contributed by atoms with Crippen LogP contribution in [0.25, 0.3) is 5.57 Å². The summed E-state index contributed by atoms with van der Waals surface area (Å²) in [5.74, 6) is 0.286. The van der Waals surface area contributed by atoms with Gasteiger partial charge in [0.05, 0.1) is 11.2 Å². The molecular weight excluding hydrogens is 331 g/mol. The maximum atomic E-state index is 6.51. The van der Waals surface area contributed by atoms with Gasteiger partial charge in [0.15, 0.2) is 0 Å². The zero-order valence-corrected chi connectivity index (χ0v) is 17.2. The second-order valence-corrected chi connectivity index (χ2v) is 9.88. The first-order chi connectivity index (χ1) is 12.9. The molecule has 1 heterocycles. The Morgan fingerprint density at radius 2 is 1.59 bits per heavy atom. The Balaban J connectivity index is 1.62. The Morgan fingerprint density at radius 1 is 0.926 bits per heavy atom. The van der Waals surface area contributed by atoms with Crippen LogP contribution in [-0.2, 0) is 14.7 Å². The molecule has 142 valence electrons. The first-order valence-corrected chi connectivity index (χ1v) is 10.7. The monoisotopic (exact) mass is 362 g/mol. The van der Waals surface area contributed by atoms with Gasteiger partial charge in [-0.25, -0.2) is 0 Å². The largest absolute Gasteiger partial charge is 0.466 e. The lowest BCUT2D eigenvalue weighted by Gasteiger charge is -2.37. The Bertz CT molecular complexity index is 811. The minimum absolute atomic E-state index is 0.170. The van der Waals surface area contributed by atoms with Crippen LogP contribution in [0.2, 0.25) is 5.82 Å². The lowest BCUT2D eigenvalue weighted by Crippen LogP contribution is -2.41. The van der Waals surface area contributed by atoms with Crippen LogP contribution in [0.5, 0.6) is 0 Å². The van der Waals surface area contributed by atoms with Crippen molar-refractivity contribution in [3.05, 3.63) is 53.1 Å². The molecule has 0 N–H and O–H groups in total. The summed E-state index contributed by atoms with van der Waals surface area (Å²) in [6.07, 6.45) is 12.4. The maximum Gasteiger partial charge on any atom is 0.466 e. The normalized spacial score (nSPS) is 29.9.